The average molecular weight is 299 g/mol. The number of carbonyl (C=O) groups is 1. The van der Waals surface area contributed by atoms with Crippen molar-refractivity contribution in [3.8, 4) is 5.75 Å². The number of carbonyl (C=O) groups excluding carboxylic acids is 1. The highest BCUT2D eigenvalue weighted by Gasteiger charge is 2.15. The number of aromatic hydroxyl groups is 1. The number of amides is 1. The first-order valence-corrected chi connectivity index (χ1v) is 6.64. The number of aromatic nitrogens is 1. The minimum Gasteiger partial charge on any atom is -0.506 e. The van der Waals surface area contributed by atoms with Gasteiger partial charge >= 0.3 is 6.09 Å². The van der Waals surface area contributed by atoms with Crippen LogP contribution in [0.2, 0.25) is 5.15 Å². The van der Waals surface area contributed by atoms with Crippen LogP contribution in [0.1, 0.15) is 32.9 Å². The summed E-state index contributed by atoms with van der Waals surface area (Å²) in [6.07, 6.45) is 3.58. The maximum atomic E-state index is 11.4. The minimum absolute atomic E-state index is 0.0609. The van der Waals surface area contributed by atoms with Crippen molar-refractivity contribution in [2.45, 2.75) is 32.8 Å². The fourth-order valence-corrected chi connectivity index (χ4v) is 1.49. The van der Waals surface area contributed by atoms with Crippen molar-refractivity contribution >= 4 is 23.8 Å². The van der Waals surface area contributed by atoms with Gasteiger partial charge in [-0.1, -0.05) is 17.7 Å². The first-order valence-electron chi connectivity index (χ1n) is 6.27. The molecule has 0 atom stereocenters. The van der Waals surface area contributed by atoms with E-state index in [4.69, 9.17) is 16.3 Å². The molecule has 1 heterocycles. The predicted molar refractivity (Wildman–Crippen MR) is 78.8 cm³/mol. The van der Waals surface area contributed by atoms with Crippen LogP contribution in [0.15, 0.2) is 18.2 Å². The smallest absolute Gasteiger partial charge is 0.407 e. The largest absolute Gasteiger partial charge is 0.506 e. The standard InChI is InChI=1S/C14H19ClN2O3/c1-14(2,3)20-13(19)16-9-5-4-6-10-11(18)7-8-12(15)17-10/h4,6-8,18H,5,9H2,1-3H3,(H,16,19). The van der Waals surface area contributed by atoms with Crippen LogP contribution >= 0.6 is 11.6 Å². The maximum absolute atomic E-state index is 11.4. The lowest BCUT2D eigenvalue weighted by atomic mass is 10.2. The predicted octanol–water partition coefficient (Wildman–Crippen LogP) is 3.37. The van der Waals surface area contributed by atoms with E-state index in [1.165, 1.54) is 12.1 Å². The van der Waals surface area contributed by atoms with Crippen molar-refractivity contribution in [1.82, 2.24) is 10.3 Å². The van der Waals surface area contributed by atoms with E-state index in [1.54, 1.807) is 32.9 Å². The van der Waals surface area contributed by atoms with Gasteiger partial charge in [-0.15, -0.1) is 0 Å². The van der Waals surface area contributed by atoms with Gasteiger partial charge in [0.25, 0.3) is 0 Å². The Balaban J connectivity index is 2.36. The molecule has 20 heavy (non-hydrogen) atoms. The van der Waals surface area contributed by atoms with E-state index in [-0.39, 0.29) is 5.75 Å². The van der Waals surface area contributed by atoms with Crippen LogP contribution in [0, 0.1) is 0 Å². The molecule has 0 aliphatic heterocycles. The number of hydrogen-bond donors (Lipinski definition) is 2. The third kappa shape index (κ3) is 6.43. The van der Waals surface area contributed by atoms with Crippen molar-refractivity contribution in [2.75, 3.05) is 6.54 Å². The molecule has 1 aromatic rings. The van der Waals surface area contributed by atoms with Crippen LogP contribution in [0.3, 0.4) is 0 Å². The molecule has 0 saturated carbocycles. The Morgan fingerprint density at radius 1 is 1.50 bits per heavy atom. The summed E-state index contributed by atoms with van der Waals surface area (Å²) in [5.41, 5.74) is -0.106. The summed E-state index contributed by atoms with van der Waals surface area (Å²) in [5.74, 6) is 0.0609. The second-order valence-electron chi connectivity index (χ2n) is 5.16. The SMILES string of the molecule is CC(C)(C)OC(=O)NCCC=Cc1nc(Cl)ccc1O. The molecule has 0 aliphatic rings. The molecule has 0 aromatic carbocycles. The van der Waals surface area contributed by atoms with E-state index in [0.717, 1.165) is 0 Å². The van der Waals surface area contributed by atoms with Gasteiger partial charge in [0.15, 0.2) is 0 Å². The molecular weight excluding hydrogens is 280 g/mol. The monoisotopic (exact) mass is 298 g/mol. The number of nitrogens with one attached hydrogen (secondary N) is 1. The zero-order valence-electron chi connectivity index (χ0n) is 11.8. The van der Waals surface area contributed by atoms with E-state index in [2.05, 4.69) is 10.3 Å². The molecule has 1 aromatic heterocycles. The summed E-state index contributed by atoms with van der Waals surface area (Å²) in [4.78, 5) is 15.3. The number of rotatable bonds is 4. The number of nitrogens with zero attached hydrogens (tertiary/aromatic N) is 1. The first-order chi connectivity index (χ1) is 9.28. The van der Waals surface area contributed by atoms with Gasteiger partial charge < -0.3 is 15.2 Å². The number of alkyl carbamates (subject to hydrolysis) is 1. The van der Waals surface area contributed by atoms with Crippen molar-refractivity contribution in [2.24, 2.45) is 0 Å². The normalized spacial score (nSPS) is 11.6. The van der Waals surface area contributed by atoms with Gasteiger partial charge in [-0.3, -0.25) is 0 Å². The van der Waals surface area contributed by atoms with E-state index in [9.17, 15) is 9.90 Å². The lowest BCUT2D eigenvalue weighted by molar-refractivity contribution is 0.0529. The van der Waals surface area contributed by atoms with Crippen LogP contribution in [0.4, 0.5) is 4.79 Å². The summed E-state index contributed by atoms with van der Waals surface area (Å²) in [6.45, 7) is 5.85. The number of hydrogen-bond acceptors (Lipinski definition) is 4. The number of halogens is 1. The van der Waals surface area contributed by atoms with Gasteiger partial charge in [0.05, 0.1) is 0 Å². The van der Waals surface area contributed by atoms with Crippen molar-refractivity contribution in [3.63, 3.8) is 0 Å². The average Bonchev–Trinajstić information content (AvgIpc) is 2.30. The van der Waals surface area contributed by atoms with Gasteiger partial charge in [0.2, 0.25) is 0 Å². The molecule has 1 amide bonds. The zero-order chi connectivity index (χ0) is 15.2. The summed E-state index contributed by atoms with van der Waals surface area (Å²) in [7, 11) is 0. The highest BCUT2D eigenvalue weighted by Crippen LogP contribution is 2.18. The van der Waals surface area contributed by atoms with Crippen molar-refractivity contribution in [3.05, 3.63) is 29.1 Å². The molecule has 1 rings (SSSR count). The first kappa shape index (κ1) is 16.3. The fourth-order valence-electron chi connectivity index (χ4n) is 1.33. The zero-order valence-corrected chi connectivity index (χ0v) is 12.6. The molecule has 6 heteroatoms. The Labute approximate surface area is 123 Å². The Hall–Kier alpha value is -1.75. The molecule has 0 unspecified atom stereocenters. The van der Waals surface area contributed by atoms with E-state index < -0.39 is 11.7 Å². The van der Waals surface area contributed by atoms with Gasteiger partial charge in [-0.25, -0.2) is 9.78 Å². The molecule has 2 N–H and O–H groups in total. The van der Waals surface area contributed by atoms with Crippen LogP contribution < -0.4 is 5.32 Å². The second-order valence-corrected chi connectivity index (χ2v) is 5.55. The second kappa shape index (κ2) is 7.14. The van der Waals surface area contributed by atoms with E-state index in [0.29, 0.717) is 23.8 Å². The molecule has 0 radical (unpaired) electrons. The van der Waals surface area contributed by atoms with Crippen molar-refractivity contribution in [1.29, 1.82) is 0 Å². The highest BCUT2D eigenvalue weighted by molar-refractivity contribution is 6.29. The Kier molecular flexibility index (Phi) is 5.82. The van der Waals surface area contributed by atoms with Crippen LogP contribution in [0.25, 0.3) is 6.08 Å². The summed E-state index contributed by atoms with van der Waals surface area (Å²) < 4.78 is 5.09. The number of pyridine rings is 1. The lowest BCUT2D eigenvalue weighted by Crippen LogP contribution is -2.32. The van der Waals surface area contributed by atoms with Gasteiger partial charge in [0, 0.05) is 6.54 Å². The summed E-state index contributed by atoms with van der Waals surface area (Å²) in [6, 6.07) is 2.99. The topological polar surface area (TPSA) is 71.5 Å². The highest BCUT2D eigenvalue weighted by atomic mass is 35.5. The molecule has 0 saturated heterocycles. The Morgan fingerprint density at radius 2 is 2.20 bits per heavy atom. The molecule has 5 nitrogen and oxygen atoms in total. The van der Waals surface area contributed by atoms with Crippen LogP contribution in [-0.2, 0) is 4.74 Å². The van der Waals surface area contributed by atoms with Crippen molar-refractivity contribution < 1.29 is 14.6 Å². The molecule has 0 fully saturated rings. The Morgan fingerprint density at radius 3 is 2.85 bits per heavy atom. The van der Waals surface area contributed by atoms with Gasteiger partial charge in [-0.2, -0.15) is 0 Å². The fraction of sp³-hybridized carbons (Fsp3) is 0.429. The van der Waals surface area contributed by atoms with Gasteiger partial charge in [0.1, 0.15) is 22.2 Å². The molecule has 110 valence electrons. The third-order valence-corrected chi connectivity index (χ3v) is 2.33. The molecule has 0 spiro atoms. The lowest BCUT2D eigenvalue weighted by Gasteiger charge is -2.19. The third-order valence-electron chi connectivity index (χ3n) is 2.12. The van der Waals surface area contributed by atoms with Crippen LogP contribution in [-0.4, -0.2) is 28.3 Å². The van der Waals surface area contributed by atoms with E-state index >= 15 is 0 Å². The minimum atomic E-state index is -0.504. The molecule has 0 bridgehead atoms. The van der Waals surface area contributed by atoms with Crippen LogP contribution in [0.5, 0.6) is 5.75 Å². The quantitative estimate of drug-likeness (QED) is 0.660. The molecule has 0 aliphatic carbocycles. The summed E-state index contributed by atoms with van der Waals surface area (Å²) >= 11 is 5.73. The Bertz CT molecular complexity index is 496. The van der Waals surface area contributed by atoms with Gasteiger partial charge in [-0.05, 0) is 45.4 Å². The van der Waals surface area contributed by atoms with E-state index in [1.807, 2.05) is 0 Å². The molecular formula is C14H19ClN2O3. The summed E-state index contributed by atoms with van der Waals surface area (Å²) in [5, 5.41) is 12.5. The number of ether oxygens (including phenoxy) is 1. The maximum Gasteiger partial charge on any atom is 0.407 e.